The molecule has 1 aliphatic heterocycles. The molecule has 0 N–H and O–H groups in total. The molecule has 0 bridgehead atoms. The van der Waals surface area contributed by atoms with Crippen LogP contribution in [0.15, 0.2) is 103 Å². The highest BCUT2D eigenvalue weighted by molar-refractivity contribution is 6.02. The second-order valence-corrected chi connectivity index (χ2v) is 9.13. The van der Waals surface area contributed by atoms with E-state index in [-0.39, 0.29) is 23.8 Å². The van der Waals surface area contributed by atoms with Gasteiger partial charge in [0.25, 0.3) is 5.91 Å². The molecule has 4 heteroatoms. The standard InChI is InChI=1S/C31H25FN2O/c1-20(21-10-4-3-5-11-21)34-30(24-12-6-7-13-25(24)31(34)35)28-26-14-8-9-15-27(26)33(2)29(28)22-16-18-23(32)19-17-22/h3-20,30H,1-2H3/t20-,30+/m1/s1. The fraction of sp³-hybridized carbons (Fsp3) is 0.129. The lowest BCUT2D eigenvalue weighted by molar-refractivity contribution is 0.0678. The molecule has 0 saturated carbocycles. The molecule has 2 heterocycles. The van der Waals surface area contributed by atoms with Gasteiger partial charge in [0.2, 0.25) is 0 Å². The Hall–Kier alpha value is -4.18. The van der Waals surface area contributed by atoms with Crippen LogP contribution in [0.2, 0.25) is 0 Å². The summed E-state index contributed by atoms with van der Waals surface area (Å²) < 4.78 is 16.0. The zero-order chi connectivity index (χ0) is 24.1. The van der Waals surface area contributed by atoms with Crippen molar-refractivity contribution in [1.82, 2.24) is 9.47 Å². The molecule has 0 aliphatic carbocycles. The first kappa shape index (κ1) is 21.4. The van der Waals surface area contributed by atoms with Crippen molar-refractivity contribution in [2.45, 2.75) is 19.0 Å². The molecule has 5 aromatic rings. The van der Waals surface area contributed by atoms with Crippen LogP contribution < -0.4 is 0 Å². The van der Waals surface area contributed by atoms with Crippen molar-refractivity contribution in [3.8, 4) is 11.3 Å². The maximum absolute atomic E-state index is 13.9. The number of hydrogen-bond donors (Lipinski definition) is 0. The molecular weight excluding hydrogens is 435 g/mol. The Bertz CT molecular complexity index is 1550. The molecule has 0 saturated heterocycles. The molecule has 2 atom stereocenters. The van der Waals surface area contributed by atoms with Crippen molar-refractivity contribution in [3.05, 3.63) is 131 Å². The van der Waals surface area contributed by atoms with Gasteiger partial charge in [0.15, 0.2) is 0 Å². The molecule has 1 aliphatic rings. The van der Waals surface area contributed by atoms with Crippen LogP contribution >= 0.6 is 0 Å². The van der Waals surface area contributed by atoms with Crippen molar-refractivity contribution in [3.63, 3.8) is 0 Å². The van der Waals surface area contributed by atoms with E-state index in [2.05, 4.69) is 41.8 Å². The molecule has 0 unspecified atom stereocenters. The van der Waals surface area contributed by atoms with Crippen molar-refractivity contribution < 1.29 is 9.18 Å². The van der Waals surface area contributed by atoms with E-state index < -0.39 is 0 Å². The second kappa shape index (κ2) is 8.24. The largest absolute Gasteiger partial charge is 0.343 e. The van der Waals surface area contributed by atoms with Crippen molar-refractivity contribution in [2.75, 3.05) is 0 Å². The zero-order valence-corrected chi connectivity index (χ0v) is 19.7. The molecular formula is C31H25FN2O. The lowest BCUT2D eigenvalue weighted by atomic mass is 9.92. The summed E-state index contributed by atoms with van der Waals surface area (Å²) in [5, 5.41) is 1.09. The number of rotatable bonds is 4. The van der Waals surface area contributed by atoms with E-state index in [0.29, 0.717) is 0 Å². The molecule has 0 radical (unpaired) electrons. The Morgan fingerprint density at radius 2 is 1.46 bits per heavy atom. The van der Waals surface area contributed by atoms with Gasteiger partial charge in [-0.25, -0.2) is 4.39 Å². The Labute approximate surface area is 204 Å². The van der Waals surface area contributed by atoms with Crippen molar-refractivity contribution >= 4 is 16.8 Å². The fourth-order valence-corrected chi connectivity index (χ4v) is 5.58. The van der Waals surface area contributed by atoms with Crippen LogP contribution in [-0.4, -0.2) is 15.4 Å². The third-order valence-electron chi connectivity index (χ3n) is 7.23. The van der Waals surface area contributed by atoms with Gasteiger partial charge in [0.05, 0.1) is 17.8 Å². The number of aromatic nitrogens is 1. The Kier molecular flexibility index (Phi) is 5.03. The van der Waals surface area contributed by atoms with Gasteiger partial charge >= 0.3 is 0 Å². The number of benzene rings is 4. The van der Waals surface area contributed by atoms with Gasteiger partial charge in [-0.1, -0.05) is 66.7 Å². The predicted molar refractivity (Wildman–Crippen MR) is 138 cm³/mol. The van der Waals surface area contributed by atoms with Crippen LogP contribution in [-0.2, 0) is 7.05 Å². The minimum Gasteiger partial charge on any atom is -0.343 e. The monoisotopic (exact) mass is 460 g/mol. The summed E-state index contributed by atoms with van der Waals surface area (Å²) in [5.74, 6) is -0.241. The van der Waals surface area contributed by atoms with Gasteiger partial charge in [-0.3, -0.25) is 4.79 Å². The minimum atomic E-state index is -0.278. The maximum atomic E-state index is 13.9. The lowest BCUT2D eigenvalue weighted by Gasteiger charge is -2.32. The topological polar surface area (TPSA) is 25.2 Å². The number of carbonyl (C=O) groups excluding carboxylic acids is 1. The molecule has 0 spiro atoms. The predicted octanol–water partition coefficient (Wildman–Crippen LogP) is 7.29. The summed E-state index contributed by atoms with van der Waals surface area (Å²) in [6, 6.07) is 32.6. The quantitative estimate of drug-likeness (QED) is 0.276. The number of halogens is 1. The highest BCUT2D eigenvalue weighted by Crippen LogP contribution is 2.49. The number of para-hydroxylation sites is 1. The Morgan fingerprint density at radius 3 is 2.23 bits per heavy atom. The average Bonchev–Trinajstić information content (AvgIpc) is 3.35. The number of nitrogens with zero attached hydrogens (tertiary/aromatic N) is 2. The highest BCUT2D eigenvalue weighted by Gasteiger charge is 2.43. The molecule has 35 heavy (non-hydrogen) atoms. The van der Waals surface area contributed by atoms with Crippen LogP contribution in [0.1, 0.15) is 46.1 Å². The Balaban J connectivity index is 1.66. The Morgan fingerprint density at radius 1 is 0.800 bits per heavy atom. The molecule has 0 fully saturated rings. The lowest BCUT2D eigenvalue weighted by Crippen LogP contribution is -2.31. The van der Waals surface area contributed by atoms with E-state index in [9.17, 15) is 9.18 Å². The number of hydrogen-bond acceptors (Lipinski definition) is 1. The number of aryl methyl sites for hydroxylation is 1. The summed E-state index contributed by atoms with van der Waals surface area (Å²) in [5.41, 5.74) is 6.87. The SMILES string of the molecule is C[C@H](c1ccccc1)N1C(=O)c2ccccc2[C@H]1c1c(-c2ccc(F)cc2)n(C)c2ccccc12. The smallest absolute Gasteiger partial charge is 0.255 e. The van der Waals surface area contributed by atoms with Gasteiger partial charge in [-0.15, -0.1) is 0 Å². The highest BCUT2D eigenvalue weighted by atomic mass is 19.1. The average molecular weight is 461 g/mol. The normalized spacial score (nSPS) is 16.0. The van der Waals surface area contributed by atoms with Gasteiger partial charge in [-0.2, -0.15) is 0 Å². The van der Waals surface area contributed by atoms with E-state index in [4.69, 9.17) is 0 Å². The fourth-order valence-electron chi connectivity index (χ4n) is 5.58. The summed E-state index contributed by atoms with van der Waals surface area (Å²) in [4.78, 5) is 15.9. The number of carbonyl (C=O) groups is 1. The molecule has 1 aromatic heterocycles. The van der Waals surface area contributed by atoms with E-state index in [1.54, 1.807) is 0 Å². The summed E-state index contributed by atoms with van der Waals surface area (Å²) in [6.07, 6.45) is 0. The molecule has 3 nitrogen and oxygen atoms in total. The first-order chi connectivity index (χ1) is 17.1. The molecule has 4 aromatic carbocycles. The van der Waals surface area contributed by atoms with Crippen LogP contribution in [0, 0.1) is 5.82 Å². The van der Waals surface area contributed by atoms with E-state index >= 15 is 0 Å². The third-order valence-corrected chi connectivity index (χ3v) is 7.23. The number of fused-ring (bicyclic) bond motifs is 2. The van der Waals surface area contributed by atoms with Gasteiger partial charge in [-0.05, 0) is 60.0 Å². The third kappa shape index (κ3) is 3.28. The summed E-state index contributed by atoms with van der Waals surface area (Å²) in [7, 11) is 2.04. The minimum absolute atomic E-state index is 0.0277. The first-order valence-electron chi connectivity index (χ1n) is 11.9. The van der Waals surface area contributed by atoms with Gasteiger partial charge in [0.1, 0.15) is 5.82 Å². The number of amides is 1. The summed E-state index contributed by atoms with van der Waals surface area (Å²) in [6.45, 7) is 2.09. The van der Waals surface area contributed by atoms with E-state index in [0.717, 1.165) is 44.4 Å². The van der Waals surface area contributed by atoms with E-state index in [1.165, 1.54) is 12.1 Å². The molecule has 6 rings (SSSR count). The van der Waals surface area contributed by atoms with Gasteiger partial charge in [0, 0.05) is 29.1 Å². The van der Waals surface area contributed by atoms with E-state index in [1.807, 2.05) is 72.6 Å². The molecule has 172 valence electrons. The zero-order valence-electron chi connectivity index (χ0n) is 19.7. The maximum Gasteiger partial charge on any atom is 0.255 e. The van der Waals surface area contributed by atoms with Crippen LogP contribution in [0.4, 0.5) is 4.39 Å². The molecule has 1 amide bonds. The van der Waals surface area contributed by atoms with Crippen molar-refractivity contribution in [2.24, 2.45) is 7.05 Å². The van der Waals surface area contributed by atoms with Gasteiger partial charge < -0.3 is 9.47 Å². The second-order valence-electron chi connectivity index (χ2n) is 9.13. The van der Waals surface area contributed by atoms with Crippen LogP contribution in [0.5, 0.6) is 0 Å². The van der Waals surface area contributed by atoms with Crippen LogP contribution in [0.3, 0.4) is 0 Å². The summed E-state index contributed by atoms with van der Waals surface area (Å²) >= 11 is 0. The first-order valence-corrected chi connectivity index (χ1v) is 11.9. The van der Waals surface area contributed by atoms with Crippen molar-refractivity contribution in [1.29, 1.82) is 0 Å². The van der Waals surface area contributed by atoms with Crippen LogP contribution in [0.25, 0.3) is 22.2 Å².